The standard InChI is InChI=1S/C36H48N2.2C4H10N.Ni/c1-8-11-13-15-21-31-23-33(22-26(4)27(31)5)37-29(7)36(10-3)38-34-24-32(18-12-9-2)28(6)35(25-34)30-19-16-14-17-20-30;2*1-3-5-4-2;/h14,16-17,19-20,22-25H,8-13,15,18,21H2,1-7H3;2*3-4H2,1-2H3;/q;2*-1;+2. The van der Waals surface area contributed by atoms with Crippen LogP contribution in [0.25, 0.3) is 11.1 Å². The van der Waals surface area contributed by atoms with Crippen LogP contribution >= 0.6 is 0 Å². The Bertz CT molecular complexity index is 1430. The molecule has 3 aromatic rings. The summed E-state index contributed by atoms with van der Waals surface area (Å²) in [5.74, 6) is 0. The normalized spacial score (nSPS) is 12.2. The number of hydrogen-bond acceptors (Lipinski definition) is 4. The third kappa shape index (κ3) is 14.3. The zero-order valence-corrected chi connectivity index (χ0v) is 34.0. The fraction of sp³-hybridized carbons (Fsp3) is 0.545. The van der Waals surface area contributed by atoms with E-state index >= 15 is 0 Å². The van der Waals surface area contributed by atoms with Gasteiger partial charge in [0.25, 0.3) is 0 Å². The van der Waals surface area contributed by atoms with E-state index in [0.717, 1.165) is 68.2 Å². The number of hydrogen-bond donors (Lipinski definition) is 0. The summed E-state index contributed by atoms with van der Waals surface area (Å²) in [4.78, 5) is 10.3. The van der Waals surface area contributed by atoms with Crippen LogP contribution in [-0.4, -0.2) is 45.6 Å². The second-order valence-electron chi connectivity index (χ2n) is 12.9. The van der Waals surface area contributed by atoms with Gasteiger partial charge in [-0.25, -0.2) is 0 Å². The Balaban J connectivity index is 0.000000650. The predicted molar refractivity (Wildman–Crippen MR) is 215 cm³/mol. The Morgan fingerprint density at radius 2 is 1.16 bits per heavy atom. The molecule has 0 heterocycles. The Morgan fingerprint density at radius 3 is 1.71 bits per heavy atom. The Labute approximate surface area is 308 Å². The third-order valence-corrected chi connectivity index (χ3v) is 11.0. The zero-order valence-electron chi connectivity index (χ0n) is 33.0. The van der Waals surface area contributed by atoms with Crippen LogP contribution < -0.4 is 0 Å². The van der Waals surface area contributed by atoms with Gasteiger partial charge in [0, 0.05) is 0 Å². The van der Waals surface area contributed by atoms with Gasteiger partial charge >= 0.3 is 76.7 Å². The van der Waals surface area contributed by atoms with Crippen molar-refractivity contribution in [3.05, 3.63) is 82.4 Å². The van der Waals surface area contributed by atoms with E-state index in [1.807, 2.05) is 0 Å². The molecule has 0 fully saturated rings. The molecule has 49 heavy (non-hydrogen) atoms. The van der Waals surface area contributed by atoms with E-state index in [0.29, 0.717) is 0 Å². The maximum atomic E-state index is 5.19. The Morgan fingerprint density at radius 1 is 0.612 bits per heavy atom. The molecule has 0 aliphatic rings. The van der Waals surface area contributed by atoms with Crippen LogP contribution in [0.3, 0.4) is 0 Å². The van der Waals surface area contributed by atoms with E-state index < -0.39 is 0 Å². The van der Waals surface area contributed by atoms with Crippen molar-refractivity contribution in [2.75, 3.05) is 26.2 Å². The monoisotopic (exact) mass is 710 g/mol. The van der Waals surface area contributed by atoms with Gasteiger partial charge in [0.15, 0.2) is 0 Å². The molecule has 274 valence electrons. The first-order chi connectivity index (χ1) is 23.6. The average molecular weight is 712 g/mol. The maximum absolute atomic E-state index is 5.19. The Hall–Kier alpha value is -2.59. The summed E-state index contributed by atoms with van der Waals surface area (Å²) in [6, 6.07) is 19.8. The minimum absolute atomic E-state index is 0.850. The second kappa shape index (κ2) is 23.8. The molecule has 0 atom stereocenters. The molecule has 0 bridgehead atoms. The molecule has 3 rings (SSSR count). The molecule has 4 nitrogen and oxygen atoms in total. The number of benzene rings is 3. The van der Waals surface area contributed by atoms with Crippen LogP contribution in [0.15, 0.2) is 64.6 Å². The second-order valence-corrected chi connectivity index (χ2v) is 14.3. The number of nitrogens with zero attached hydrogens (tertiary/aromatic N) is 4. The summed E-state index contributed by atoms with van der Waals surface area (Å²) in [7, 11) is 0. The quantitative estimate of drug-likeness (QED) is 0.0704. The minimum atomic E-state index is 0.850. The van der Waals surface area contributed by atoms with Crippen molar-refractivity contribution in [1.29, 1.82) is 0 Å². The molecule has 0 spiro atoms. The fourth-order valence-electron chi connectivity index (χ4n) is 5.93. The first kappa shape index (κ1) is 42.6. The van der Waals surface area contributed by atoms with Crippen molar-refractivity contribution in [3.63, 3.8) is 0 Å². The first-order valence-electron chi connectivity index (χ1n) is 19.2. The summed E-state index contributed by atoms with van der Waals surface area (Å²) in [5, 5.41) is 0. The van der Waals surface area contributed by atoms with Crippen molar-refractivity contribution >= 4 is 22.8 Å². The molecule has 0 N–H and O–H groups in total. The molecule has 3 aromatic carbocycles. The van der Waals surface area contributed by atoms with Gasteiger partial charge in [0.2, 0.25) is 0 Å². The Kier molecular flexibility index (Phi) is 20.6. The summed E-state index contributed by atoms with van der Waals surface area (Å²) >= 11 is 1.67. The molecule has 0 unspecified atom stereocenters. The van der Waals surface area contributed by atoms with Crippen molar-refractivity contribution in [2.24, 2.45) is 9.98 Å². The molecule has 0 saturated carbocycles. The number of unbranched alkanes of at least 4 members (excludes halogenated alkanes) is 4. The first-order valence-corrected chi connectivity index (χ1v) is 20.1. The van der Waals surface area contributed by atoms with E-state index in [9.17, 15) is 0 Å². The summed E-state index contributed by atoms with van der Waals surface area (Å²) in [5.41, 5.74) is 13.6. The third-order valence-electron chi connectivity index (χ3n) is 9.23. The number of aryl methyl sites for hydroxylation is 3. The van der Waals surface area contributed by atoms with Crippen LogP contribution in [0, 0.1) is 20.8 Å². The molecule has 0 saturated heterocycles. The van der Waals surface area contributed by atoms with Gasteiger partial charge in [0.05, 0.1) is 22.8 Å². The van der Waals surface area contributed by atoms with Gasteiger partial charge in [-0.3, -0.25) is 9.98 Å². The molecular weight excluding hydrogens is 643 g/mol. The summed E-state index contributed by atoms with van der Waals surface area (Å²) in [6.45, 7) is 28.9. The molecule has 0 amide bonds. The van der Waals surface area contributed by atoms with Crippen molar-refractivity contribution < 1.29 is 14.9 Å². The van der Waals surface area contributed by atoms with Gasteiger partial charge < -0.3 is 0 Å². The average Bonchev–Trinajstić information content (AvgIpc) is 3.12. The van der Waals surface area contributed by atoms with Crippen molar-refractivity contribution in [1.82, 2.24) is 7.96 Å². The summed E-state index contributed by atoms with van der Waals surface area (Å²) in [6.07, 6.45) is 10.6. The van der Waals surface area contributed by atoms with Gasteiger partial charge in [-0.15, -0.1) is 0 Å². The number of aliphatic imine (C=N–C) groups is 2. The van der Waals surface area contributed by atoms with Crippen LogP contribution in [0.5, 0.6) is 0 Å². The van der Waals surface area contributed by atoms with E-state index in [4.69, 9.17) is 9.98 Å². The SMILES string of the molecule is CCCCCCc1cc(N=C(C)C(CC)=Nc2cc(CCCC)c(C)c(-c3ccccc3)c2)cc(C)c1C.CC[N](CC)[Ni][N](CC)CC. The van der Waals surface area contributed by atoms with E-state index in [-0.39, 0.29) is 0 Å². The van der Waals surface area contributed by atoms with Gasteiger partial charge in [-0.05, 0) is 123 Å². The topological polar surface area (TPSA) is 31.2 Å². The number of rotatable bonds is 19. The predicted octanol–water partition coefficient (Wildman–Crippen LogP) is 12.6. The van der Waals surface area contributed by atoms with Crippen LogP contribution in [0.4, 0.5) is 11.4 Å². The van der Waals surface area contributed by atoms with Crippen molar-refractivity contribution in [3.8, 4) is 11.1 Å². The zero-order chi connectivity index (χ0) is 36.2. The van der Waals surface area contributed by atoms with Gasteiger partial charge in [-0.1, -0.05) is 76.8 Å². The van der Waals surface area contributed by atoms with Crippen molar-refractivity contribution in [2.45, 2.75) is 134 Å². The fourth-order valence-corrected chi connectivity index (χ4v) is 6.88. The molecule has 0 aliphatic carbocycles. The van der Waals surface area contributed by atoms with Gasteiger partial charge in [0.1, 0.15) is 0 Å². The van der Waals surface area contributed by atoms with Crippen LogP contribution in [-0.2, 0) is 27.7 Å². The van der Waals surface area contributed by atoms with E-state index in [2.05, 4.69) is 139 Å². The van der Waals surface area contributed by atoms with E-state index in [1.54, 1.807) is 14.9 Å². The van der Waals surface area contributed by atoms with Crippen LogP contribution in [0.1, 0.15) is 128 Å². The molecule has 0 radical (unpaired) electrons. The molecular formula is C44H68N4Ni. The summed E-state index contributed by atoms with van der Waals surface area (Å²) < 4.78 is 4.75. The van der Waals surface area contributed by atoms with Gasteiger partial charge in [-0.2, -0.15) is 0 Å². The molecule has 0 aliphatic heterocycles. The molecule has 5 heteroatoms. The van der Waals surface area contributed by atoms with E-state index in [1.165, 1.54) is 77.5 Å². The molecule has 0 aromatic heterocycles. The van der Waals surface area contributed by atoms with Crippen LogP contribution in [0.2, 0.25) is 0 Å².